The van der Waals surface area contributed by atoms with Crippen molar-refractivity contribution in [1.29, 1.82) is 0 Å². The van der Waals surface area contributed by atoms with Crippen molar-refractivity contribution >= 4 is 74.3 Å². The predicted octanol–water partition coefficient (Wildman–Crippen LogP) is 12.6. The summed E-state index contributed by atoms with van der Waals surface area (Å²) in [5, 5.41) is 0. The van der Waals surface area contributed by atoms with Gasteiger partial charge >= 0.3 is 0 Å². The molecule has 3 aliphatic rings. The largest absolute Gasteiger partial charge is 0.311 e. The monoisotopic (exact) mass is 737 g/mol. The molecule has 12 rings (SSSR count). The van der Waals surface area contributed by atoms with Crippen molar-refractivity contribution in [1.82, 2.24) is 0 Å². The van der Waals surface area contributed by atoms with Crippen LogP contribution < -0.4 is 31.1 Å². The van der Waals surface area contributed by atoms with Gasteiger partial charge in [-0.3, -0.25) is 0 Å². The third-order valence-corrected chi connectivity index (χ3v) is 12.2. The summed E-state index contributed by atoms with van der Waals surface area (Å²) in [6.45, 7) is 0.0584. The van der Waals surface area contributed by atoms with Gasteiger partial charge in [-0.15, -0.1) is 0 Å². The second-order valence-electron chi connectivity index (χ2n) is 15.3. The first kappa shape index (κ1) is 32.7. The molecule has 58 heavy (non-hydrogen) atoms. The molecule has 0 fully saturated rings. The van der Waals surface area contributed by atoms with Crippen LogP contribution >= 0.6 is 0 Å². The third kappa shape index (κ3) is 4.95. The molecule has 0 spiro atoms. The lowest BCUT2D eigenvalue weighted by atomic mass is 9.32. The highest BCUT2D eigenvalue weighted by Crippen LogP contribution is 2.50. The van der Waals surface area contributed by atoms with Gasteiger partial charge in [-0.2, -0.15) is 0 Å². The Morgan fingerprint density at radius 3 is 0.672 bits per heavy atom. The number of benzene rings is 9. The Hall–Kier alpha value is -7.56. The van der Waals surface area contributed by atoms with Crippen LogP contribution in [0.2, 0.25) is 0 Å². The maximum atomic E-state index is 2.50. The molecule has 270 valence electrons. The molecule has 9 aromatic rings. The van der Waals surface area contributed by atoms with Gasteiger partial charge in [0, 0.05) is 51.2 Å². The van der Waals surface area contributed by atoms with Crippen LogP contribution in [0.5, 0.6) is 0 Å². The fraction of sp³-hybridized carbons (Fsp3) is 0. The van der Waals surface area contributed by atoms with Crippen LogP contribution in [-0.4, -0.2) is 6.71 Å². The molecule has 0 radical (unpaired) electrons. The SMILES string of the molecule is c1ccc(-c2ccc(N3c4cccc5c4B4c6c3cccc6N(c3ccc(-c6ccccc6)cc3)c3cccc(c34)N5c3ccc(-c4ccccc4)cc3)cc2)cc1. The maximum absolute atomic E-state index is 2.50. The average Bonchev–Trinajstić information content (AvgIpc) is 3.30. The van der Waals surface area contributed by atoms with Crippen LogP contribution in [0.4, 0.5) is 51.2 Å². The van der Waals surface area contributed by atoms with Crippen LogP contribution in [0, 0.1) is 0 Å². The average molecular weight is 738 g/mol. The topological polar surface area (TPSA) is 9.72 Å². The number of hydrogen-bond acceptors (Lipinski definition) is 3. The molecule has 0 unspecified atom stereocenters. The van der Waals surface area contributed by atoms with Gasteiger partial charge in [-0.25, -0.2) is 0 Å². The summed E-state index contributed by atoms with van der Waals surface area (Å²) in [5.41, 5.74) is 22.0. The van der Waals surface area contributed by atoms with Gasteiger partial charge < -0.3 is 14.7 Å². The van der Waals surface area contributed by atoms with E-state index in [1.807, 2.05) is 0 Å². The fourth-order valence-corrected chi connectivity index (χ4v) is 9.64. The number of hydrogen-bond donors (Lipinski definition) is 0. The molecular formula is C54H36BN3. The van der Waals surface area contributed by atoms with E-state index in [2.05, 4.69) is 233 Å². The molecule has 0 amide bonds. The van der Waals surface area contributed by atoms with Crippen molar-refractivity contribution in [3.63, 3.8) is 0 Å². The molecular weight excluding hydrogens is 701 g/mol. The zero-order valence-electron chi connectivity index (χ0n) is 31.7. The zero-order chi connectivity index (χ0) is 38.2. The molecule has 0 N–H and O–H groups in total. The van der Waals surface area contributed by atoms with Crippen molar-refractivity contribution in [3.05, 3.63) is 218 Å². The van der Waals surface area contributed by atoms with Gasteiger partial charge in [0.15, 0.2) is 0 Å². The van der Waals surface area contributed by atoms with Crippen LogP contribution in [0.3, 0.4) is 0 Å². The standard InChI is InChI=1S/C54H36BN3/c1-4-13-37(14-5-1)40-25-31-43(32-26-40)56-46-19-10-21-48-52(46)55-53-47(56)20-11-22-49(53)58(45-35-29-42(30-36-45)39-17-8-3-9-18-39)51-24-12-23-50(54(51)55)57(48)44-33-27-41(28-34-44)38-15-6-2-7-16-38/h1-36H. The minimum Gasteiger partial charge on any atom is -0.311 e. The minimum absolute atomic E-state index is 0.0584. The van der Waals surface area contributed by atoms with Crippen LogP contribution in [0.15, 0.2) is 218 Å². The number of nitrogens with zero attached hydrogens (tertiary/aromatic N) is 3. The molecule has 0 saturated heterocycles. The first-order valence-corrected chi connectivity index (χ1v) is 20.1. The third-order valence-electron chi connectivity index (χ3n) is 12.2. The molecule has 3 aliphatic heterocycles. The zero-order valence-corrected chi connectivity index (χ0v) is 31.7. The highest BCUT2D eigenvalue weighted by atomic mass is 15.2. The lowest BCUT2D eigenvalue weighted by molar-refractivity contribution is 1.22. The van der Waals surface area contributed by atoms with Gasteiger partial charge in [0.2, 0.25) is 0 Å². The highest BCUT2D eigenvalue weighted by Gasteiger charge is 2.49. The van der Waals surface area contributed by atoms with E-state index in [0.29, 0.717) is 0 Å². The summed E-state index contributed by atoms with van der Waals surface area (Å²) in [7, 11) is 0. The molecule has 0 saturated carbocycles. The quantitative estimate of drug-likeness (QED) is 0.157. The molecule has 3 heterocycles. The van der Waals surface area contributed by atoms with E-state index < -0.39 is 0 Å². The van der Waals surface area contributed by atoms with E-state index in [1.54, 1.807) is 0 Å². The van der Waals surface area contributed by atoms with E-state index in [1.165, 1.54) is 83.9 Å². The Balaban J connectivity index is 1.09. The summed E-state index contributed by atoms with van der Waals surface area (Å²) in [6.07, 6.45) is 0. The van der Waals surface area contributed by atoms with Crippen molar-refractivity contribution in [2.75, 3.05) is 14.7 Å². The van der Waals surface area contributed by atoms with Gasteiger partial charge in [0.05, 0.1) is 0 Å². The van der Waals surface area contributed by atoms with E-state index in [-0.39, 0.29) is 6.71 Å². The molecule has 4 heteroatoms. The summed E-state index contributed by atoms with van der Waals surface area (Å²) < 4.78 is 0. The number of rotatable bonds is 6. The van der Waals surface area contributed by atoms with Gasteiger partial charge in [0.1, 0.15) is 0 Å². The van der Waals surface area contributed by atoms with Crippen LogP contribution in [-0.2, 0) is 0 Å². The van der Waals surface area contributed by atoms with Gasteiger partial charge in [-0.05, 0) is 123 Å². The first-order chi connectivity index (χ1) is 28.8. The molecule has 0 aliphatic carbocycles. The van der Waals surface area contributed by atoms with E-state index in [4.69, 9.17) is 0 Å². The lowest BCUT2D eigenvalue weighted by Gasteiger charge is -2.49. The molecule has 0 aromatic heterocycles. The number of anilines is 9. The Kier molecular flexibility index (Phi) is 7.33. The smallest absolute Gasteiger partial charge is 0.257 e. The molecule has 0 bridgehead atoms. The molecule has 9 aromatic carbocycles. The van der Waals surface area contributed by atoms with Crippen molar-refractivity contribution in [3.8, 4) is 33.4 Å². The first-order valence-electron chi connectivity index (χ1n) is 20.1. The van der Waals surface area contributed by atoms with Crippen molar-refractivity contribution in [2.24, 2.45) is 0 Å². The Morgan fingerprint density at radius 2 is 0.431 bits per heavy atom. The van der Waals surface area contributed by atoms with Crippen molar-refractivity contribution < 1.29 is 0 Å². The fourth-order valence-electron chi connectivity index (χ4n) is 9.64. The van der Waals surface area contributed by atoms with Gasteiger partial charge in [-0.1, -0.05) is 146 Å². The maximum Gasteiger partial charge on any atom is 0.257 e. The van der Waals surface area contributed by atoms with Crippen LogP contribution in [0.1, 0.15) is 0 Å². The Labute approximate surface area is 339 Å². The van der Waals surface area contributed by atoms with E-state index >= 15 is 0 Å². The summed E-state index contributed by atoms with van der Waals surface area (Å²) in [4.78, 5) is 7.49. The molecule has 0 atom stereocenters. The predicted molar refractivity (Wildman–Crippen MR) is 245 cm³/mol. The van der Waals surface area contributed by atoms with E-state index in [9.17, 15) is 0 Å². The summed E-state index contributed by atoms with van der Waals surface area (Å²) in [6, 6.07) is 79.8. The second-order valence-corrected chi connectivity index (χ2v) is 15.3. The second kappa shape index (κ2) is 13.0. The summed E-state index contributed by atoms with van der Waals surface area (Å²) >= 11 is 0. The minimum atomic E-state index is 0.0584. The van der Waals surface area contributed by atoms with Crippen LogP contribution in [0.25, 0.3) is 33.4 Å². The highest BCUT2D eigenvalue weighted by molar-refractivity contribution is 7.02. The van der Waals surface area contributed by atoms with E-state index in [0.717, 1.165) is 17.1 Å². The summed E-state index contributed by atoms with van der Waals surface area (Å²) in [5.74, 6) is 0. The Bertz CT molecular complexity index is 2590. The lowest BCUT2D eigenvalue weighted by Crippen LogP contribution is -2.64. The molecule has 3 nitrogen and oxygen atoms in total. The normalized spacial score (nSPS) is 13.0. The van der Waals surface area contributed by atoms with Crippen molar-refractivity contribution in [2.45, 2.75) is 0 Å². The Morgan fingerprint density at radius 1 is 0.207 bits per heavy atom. The van der Waals surface area contributed by atoms with Gasteiger partial charge in [0.25, 0.3) is 6.71 Å².